The number of rotatable bonds is 1. The third-order valence-electron chi connectivity index (χ3n) is 1.80. The van der Waals surface area contributed by atoms with Gasteiger partial charge >= 0.3 is 0 Å². The molecule has 2 aromatic rings. The van der Waals surface area contributed by atoms with Crippen LogP contribution in [0.1, 0.15) is 5.56 Å². The van der Waals surface area contributed by atoms with E-state index < -0.39 is 0 Å². The van der Waals surface area contributed by atoms with Crippen molar-refractivity contribution in [1.29, 1.82) is 0 Å². The number of aromatic nitrogens is 1. The van der Waals surface area contributed by atoms with Gasteiger partial charge in [0.05, 0.1) is 6.26 Å². The minimum absolute atomic E-state index is 0.928. The summed E-state index contributed by atoms with van der Waals surface area (Å²) in [4.78, 5) is 3.94. The van der Waals surface area contributed by atoms with Crippen LogP contribution in [0, 0.1) is 6.92 Å². The number of hydrogen-bond donors (Lipinski definition) is 0. The lowest BCUT2D eigenvalue weighted by Gasteiger charge is -1.95. The Kier molecular flexibility index (Phi) is 1.67. The van der Waals surface area contributed by atoms with E-state index in [1.54, 1.807) is 18.7 Å². The van der Waals surface area contributed by atoms with E-state index in [1.807, 2.05) is 25.1 Å². The largest absolute Gasteiger partial charge is 0.464 e. The van der Waals surface area contributed by atoms with Crippen LogP contribution in [-0.4, -0.2) is 4.98 Å². The summed E-state index contributed by atoms with van der Waals surface area (Å²) in [6.07, 6.45) is 5.22. The minimum atomic E-state index is 0.928. The highest BCUT2D eigenvalue weighted by molar-refractivity contribution is 5.59. The van der Waals surface area contributed by atoms with Crippen LogP contribution >= 0.6 is 0 Å². The van der Waals surface area contributed by atoms with E-state index in [1.165, 1.54) is 0 Å². The predicted molar refractivity (Wildman–Crippen MR) is 46.7 cm³/mol. The molecule has 0 saturated heterocycles. The summed E-state index contributed by atoms with van der Waals surface area (Å²) < 4.78 is 5.32. The normalized spacial score (nSPS) is 10.1. The lowest BCUT2D eigenvalue weighted by atomic mass is 10.1. The van der Waals surface area contributed by atoms with Crippen molar-refractivity contribution in [3.8, 4) is 11.3 Å². The summed E-state index contributed by atoms with van der Waals surface area (Å²) in [6.45, 7) is 2.03. The van der Waals surface area contributed by atoms with Crippen LogP contribution < -0.4 is 0 Å². The van der Waals surface area contributed by atoms with Gasteiger partial charge in [-0.1, -0.05) is 0 Å². The Morgan fingerprint density at radius 2 is 1.92 bits per heavy atom. The van der Waals surface area contributed by atoms with E-state index >= 15 is 0 Å². The van der Waals surface area contributed by atoms with Crippen LogP contribution in [0.15, 0.2) is 41.3 Å². The Bertz CT molecular complexity index is 364. The van der Waals surface area contributed by atoms with Gasteiger partial charge in [-0.2, -0.15) is 0 Å². The van der Waals surface area contributed by atoms with Gasteiger partial charge in [-0.15, -0.1) is 0 Å². The van der Waals surface area contributed by atoms with Crippen LogP contribution in [0.4, 0.5) is 0 Å². The Labute approximate surface area is 70.9 Å². The number of nitrogens with zero attached hydrogens (tertiary/aromatic N) is 1. The smallest absolute Gasteiger partial charge is 0.136 e. The van der Waals surface area contributed by atoms with E-state index in [9.17, 15) is 0 Å². The molecule has 0 spiro atoms. The van der Waals surface area contributed by atoms with Gasteiger partial charge in [0, 0.05) is 18.0 Å². The molecule has 0 atom stereocenters. The van der Waals surface area contributed by atoms with Crippen LogP contribution in [0.2, 0.25) is 0 Å². The van der Waals surface area contributed by atoms with Crippen LogP contribution in [0.5, 0.6) is 0 Å². The fourth-order valence-corrected chi connectivity index (χ4v) is 1.17. The number of pyridine rings is 1. The zero-order chi connectivity index (χ0) is 8.39. The molecule has 0 amide bonds. The average molecular weight is 159 g/mol. The molecule has 0 radical (unpaired) electrons. The van der Waals surface area contributed by atoms with Gasteiger partial charge in [-0.05, 0) is 30.7 Å². The second-order valence-corrected chi connectivity index (χ2v) is 2.67. The van der Waals surface area contributed by atoms with Crippen molar-refractivity contribution in [2.24, 2.45) is 0 Å². The third-order valence-corrected chi connectivity index (χ3v) is 1.80. The summed E-state index contributed by atoms with van der Waals surface area (Å²) in [5.41, 5.74) is 2.23. The summed E-state index contributed by atoms with van der Waals surface area (Å²) in [5.74, 6) is 0.928. The fraction of sp³-hybridized carbons (Fsp3) is 0.100. The van der Waals surface area contributed by atoms with Gasteiger partial charge < -0.3 is 4.42 Å². The molecule has 0 N–H and O–H groups in total. The molecule has 2 heteroatoms. The topological polar surface area (TPSA) is 26.0 Å². The number of furan rings is 1. The molecule has 0 aliphatic heterocycles. The van der Waals surface area contributed by atoms with Crippen molar-refractivity contribution in [2.45, 2.75) is 6.92 Å². The second-order valence-electron chi connectivity index (χ2n) is 2.67. The Balaban J connectivity index is 2.51. The maximum atomic E-state index is 5.32. The number of hydrogen-bond acceptors (Lipinski definition) is 2. The minimum Gasteiger partial charge on any atom is -0.464 e. The zero-order valence-corrected chi connectivity index (χ0v) is 6.82. The monoisotopic (exact) mass is 159 g/mol. The van der Waals surface area contributed by atoms with E-state index in [2.05, 4.69) is 4.98 Å². The van der Waals surface area contributed by atoms with Gasteiger partial charge in [0.25, 0.3) is 0 Å². The molecule has 2 heterocycles. The van der Waals surface area contributed by atoms with E-state index in [-0.39, 0.29) is 0 Å². The third kappa shape index (κ3) is 1.11. The summed E-state index contributed by atoms with van der Waals surface area (Å²) in [7, 11) is 0. The van der Waals surface area contributed by atoms with E-state index in [0.717, 1.165) is 16.9 Å². The highest BCUT2D eigenvalue weighted by atomic mass is 16.3. The van der Waals surface area contributed by atoms with Crippen molar-refractivity contribution < 1.29 is 4.42 Å². The average Bonchev–Trinajstić information content (AvgIpc) is 2.53. The fourth-order valence-electron chi connectivity index (χ4n) is 1.17. The lowest BCUT2D eigenvalue weighted by molar-refractivity contribution is 0.580. The number of aryl methyl sites for hydroxylation is 1. The molecule has 0 aromatic carbocycles. The first kappa shape index (κ1) is 7.10. The molecular weight excluding hydrogens is 150 g/mol. The lowest BCUT2D eigenvalue weighted by Crippen LogP contribution is -1.76. The molecule has 2 aromatic heterocycles. The second kappa shape index (κ2) is 2.81. The maximum Gasteiger partial charge on any atom is 0.136 e. The molecule has 2 rings (SSSR count). The summed E-state index contributed by atoms with van der Waals surface area (Å²) >= 11 is 0. The molecular formula is C10H9NO. The Hall–Kier alpha value is -1.57. The highest BCUT2D eigenvalue weighted by Gasteiger charge is 2.02. The van der Waals surface area contributed by atoms with Crippen molar-refractivity contribution in [1.82, 2.24) is 4.98 Å². The van der Waals surface area contributed by atoms with Crippen LogP contribution in [-0.2, 0) is 0 Å². The molecule has 0 aliphatic carbocycles. The Morgan fingerprint density at radius 3 is 2.50 bits per heavy atom. The Morgan fingerprint density at radius 1 is 1.17 bits per heavy atom. The zero-order valence-electron chi connectivity index (χ0n) is 6.82. The van der Waals surface area contributed by atoms with Gasteiger partial charge in [-0.25, -0.2) is 0 Å². The summed E-state index contributed by atoms with van der Waals surface area (Å²) in [5, 5.41) is 0. The van der Waals surface area contributed by atoms with Gasteiger partial charge in [-0.3, -0.25) is 4.98 Å². The molecule has 0 saturated carbocycles. The summed E-state index contributed by atoms with van der Waals surface area (Å²) in [6, 6.07) is 5.83. The van der Waals surface area contributed by atoms with Crippen molar-refractivity contribution >= 4 is 0 Å². The van der Waals surface area contributed by atoms with E-state index in [0.29, 0.717) is 0 Å². The molecule has 0 unspecified atom stereocenters. The van der Waals surface area contributed by atoms with Crippen LogP contribution in [0.25, 0.3) is 11.3 Å². The molecule has 0 aliphatic rings. The standard InChI is InChI=1S/C10H9NO/c1-8-4-7-12-10(8)9-2-5-11-6-3-9/h2-7H,1H3. The first-order valence-corrected chi connectivity index (χ1v) is 3.82. The molecule has 12 heavy (non-hydrogen) atoms. The maximum absolute atomic E-state index is 5.32. The molecule has 2 nitrogen and oxygen atoms in total. The van der Waals surface area contributed by atoms with Gasteiger partial charge in [0.15, 0.2) is 0 Å². The molecule has 0 bridgehead atoms. The van der Waals surface area contributed by atoms with Crippen molar-refractivity contribution in [3.63, 3.8) is 0 Å². The van der Waals surface area contributed by atoms with E-state index in [4.69, 9.17) is 4.42 Å². The van der Waals surface area contributed by atoms with Crippen molar-refractivity contribution in [2.75, 3.05) is 0 Å². The first-order valence-electron chi connectivity index (χ1n) is 3.82. The first-order chi connectivity index (χ1) is 5.88. The van der Waals surface area contributed by atoms with Gasteiger partial charge in [0.1, 0.15) is 5.76 Å². The van der Waals surface area contributed by atoms with Gasteiger partial charge in [0.2, 0.25) is 0 Å². The quantitative estimate of drug-likeness (QED) is 0.639. The van der Waals surface area contributed by atoms with Crippen LogP contribution in [0.3, 0.4) is 0 Å². The SMILES string of the molecule is Cc1ccoc1-c1ccncc1. The molecule has 0 fully saturated rings. The molecule has 60 valence electrons. The predicted octanol–water partition coefficient (Wildman–Crippen LogP) is 2.65. The van der Waals surface area contributed by atoms with Crippen molar-refractivity contribution in [3.05, 3.63) is 42.4 Å². The highest BCUT2D eigenvalue weighted by Crippen LogP contribution is 2.22.